The van der Waals surface area contributed by atoms with Crippen LogP contribution in [-0.2, 0) is 4.79 Å². The molecule has 0 saturated heterocycles. The molecule has 0 heterocycles. The Balaban J connectivity index is 1.44. The van der Waals surface area contributed by atoms with Gasteiger partial charge in [0.25, 0.3) is 0 Å². The van der Waals surface area contributed by atoms with E-state index in [1.54, 1.807) is 13.0 Å². The number of hydrogen-bond donors (Lipinski definition) is 3. The quantitative estimate of drug-likeness (QED) is 0.573. The molecular weight excluding hydrogens is 298 g/mol. The Morgan fingerprint density at radius 2 is 1.79 bits per heavy atom. The average molecular weight is 325 g/mol. The molecule has 4 bridgehead atoms. The predicted octanol–water partition coefficient (Wildman–Crippen LogP) is 4.20. The van der Waals surface area contributed by atoms with Gasteiger partial charge >= 0.3 is 0 Å². The first kappa shape index (κ1) is 15.7. The van der Waals surface area contributed by atoms with Gasteiger partial charge in [0.2, 0.25) is 5.91 Å². The van der Waals surface area contributed by atoms with Gasteiger partial charge in [0, 0.05) is 29.1 Å². The minimum Gasteiger partial charge on any atom is -0.398 e. The first-order valence-corrected chi connectivity index (χ1v) is 9.17. The number of amides is 1. The Hall–Kier alpha value is -1.84. The summed E-state index contributed by atoms with van der Waals surface area (Å²) in [6.45, 7) is 1.72. The second kappa shape index (κ2) is 5.61. The number of benzene rings is 1. The van der Waals surface area contributed by atoms with E-state index in [-0.39, 0.29) is 11.3 Å². The van der Waals surface area contributed by atoms with Gasteiger partial charge in [-0.05, 0) is 86.8 Å². The molecule has 0 radical (unpaired) electrons. The molecule has 24 heavy (non-hydrogen) atoms. The molecule has 0 aliphatic heterocycles. The fourth-order valence-corrected chi connectivity index (χ4v) is 6.03. The third-order valence-corrected chi connectivity index (χ3v) is 6.44. The summed E-state index contributed by atoms with van der Waals surface area (Å²) in [6.07, 6.45) is 8.62. The summed E-state index contributed by atoms with van der Waals surface area (Å²) in [4.78, 5) is 12.6. The number of nitrogens with two attached hydrogens (primary N) is 1. The zero-order valence-electron chi connectivity index (χ0n) is 14.4. The van der Waals surface area contributed by atoms with Crippen molar-refractivity contribution in [1.29, 1.82) is 5.41 Å². The van der Waals surface area contributed by atoms with E-state index in [1.165, 1.54) is 38.5 Å². The topological polar surface area (TPSA) is 79.0 Å². The van der Waals surface area contributed by atoms with Crippen LogP contribution in [0.3, 0.4) is 0 Å². The van der Waals surface area contributed by atoms with Gasteiger partial charge in [0.15, 0.2) is 0 Å². The van der Waals surface area contributed by atoms with Gasteiger partial charge in [-0.25, -0.2) is 0 Å². The van der Waals surface area contributed by atoms with E-state index in [0.717, 1.165) is 29.0 Å². The van der Waals surface area contributed by atoms with Crippen molar-refractivity contribution in [2.75, 3.05) is 11.1 Å². The molecule has 4 aliphatic rings. The molecule has 4 N–H and O–H groups in total. The predicted molar refractivity (Wildman–Crippen MR) is 97.2 cm³/mol. The van der Waals surface area contributed by atoms with Crippen molar-refractivity contribution in [3.8, 4) is 0 Å². The largest absolute Gasteiger partial charge is 0.398 e. The maximum absolute atomic E-state index is 12.6. The Kier molecular flexibility index (Phi) is 3.66. The summed E-state index contributed by atoms with van der Waals surface area (Å²) < 4.78 is 0. The molecule has 5 rings (SSSR count). The Bertz CT molecular complexity index is 659. The second-order valence-corrected chi connectivity index (χ2v) is 8.57. The zero-order chi connectivity index (χ0) is 16.9. The third-order valence-electron chi connectivity index (χ3n) is 6.44. The standard InChI is InChI=1S/C20H27N3O/c1-12(21)17-3-2-16(7-18(17)22)23-19(24)11-20-8-13-4-14(9-20)6-15(5-13)10-20/h2-3,7,13-15,21H,4-6,8-11,22H2,1H3,(H,23,24). The third kappa shape index (κ3) is 2.83. The number of carbonyl (C=O) groups excluding carboxylic acids is 1. The molecule has 1 aromatic rings. The van der Waals surface area contributed by atoms with Crippen molar-refractivity contribution in [2.45, 2.75) is 51.9 Å². The lowest BCUT2D eigenvalue weighted by Crippen LogP contribution is -2.47. The Morgan fingerprint density at radius 3 is 2.29 bits per heavy atom. The fourth-order valence-electron chi connectivity index (χ4n) is 6.03. The summed E-state index contributed by atoms with van der Waals surface area (Å²) >= 11 is 0. The van der Waals surface area contributed by atoms with Gasteiger partial charge in [-0.2, -0.15) is 0 Å². The minimum absolute atomic E-state index is 0.121. The molecule has 4 fully saturated rings. The molecule has 0 atom stereocenters. The Labute approximate surface area is 143 Å². The van der Waals surface area contributed by atoms with E-state index in [4.69, 9.17) is 11.1 Å². The van der Waals surface area contributed by atoms with E-state index >= 15 is 0 Å². The molecule has 4 saturated carbocycles. The first-order chi connectivity index (χ1) is 11.4. The number of nitrogen functional groups attached to an aromatic ring is 1. The minimum atomic E-state index is 0.121. The van der Waals surface area contributed by atoms with Gasteiger partial charge in [-0.3, -0.25) is 4.79 Å². The van der Waals surface area contributed by atoms with Gasteiger partial charge in [-0.1, -0.05) is 0 Å². The summed E-state index contributed by atoms with van der Waals surface area (Å²) in [7, 11) is 0. The molecule has 0 spiro atoms. The van der Waals surface area contributed by atoms with Crippen LogP contribution < -0.4 is 11.1 Å². The maximum Gasteiger partial charge on any atom is 0.224 e. The molecule has 0 unspecified atom stereocenters. The lowest BCUT2D eigenvalue weighted by atomic mass is 9.49. The summed E-state index contributed by atoms with van der Waals surface area (Å²) in [5, 5.41) is 10.7. The van der Waals surface area contributed by atoms with Gasteiger partial charge in [0.05, 0.1) is 0 Å². The lowest BCUT2D eigenvalue weighted by Gasteiger charge is -2.56. The number of nitrogens with one attached hydrogen (secondary N) is 2. The van der Waals surface area contributed by atoms with Gasteiger partial charge in [0.1, 0.15) is 0 Å². The summed E-state index contributed by atoms with van der Waals surface area (Å²) in [6, 6.07) is 5.43. The SMILES string of the molecule is CC(=N)c1ccc(NC(=O)CC23CC4CC(CC(C4)C2)C3)cc1N. The van der Waals surface area contributed by atoms with Crippen LogP contribution >= 0.6 is 0 Å². The molecule has 4 aliphatic carbocycles. The van der Waals surface area contributed by atoms with Gasteiger partial charge in [-0.15, -0.1) is 0 Å². The van der Waals surface area contributed by atoms with Crippen molar-refractivity contribution >= 4 is 23.0 Å². The molecule has 1 aromatic carbocycles. The van der Waals surface area contributed by atoms with Crippen molar-refractivity contribution in [2.24, 2.45) is 23.2 Å². The summed E-state index contributed by atoms with van der Waals surface area (Å²) in [5.74, 6) is 2.73. The van der Waals surface area contributed by atoms with Crippen molar-refractivity contribution in [3.63, 3.8) is 0 Å². The smallest absolute Gasteiger partial charge is 0.224 e. The monoisotopic (exact) mass is 325 g/mol. The molecular formula is C20H27N3O. The van der Waals surface area contributed by atoms with Crippen molar-refractivity contribution in [3.05, 3.63) is 23.8 Å². The van der Waals surface area contributed by atoms with E-state index in [0.29, 0.717) is 17.8 Å². The van der Waals surface area contributed by atoms with Crippen LogP contribution in [0.25, 0.3) is 0 Å². The van der Waals surface area contributed by atoms with Crippen LogP contribution in [0, 0.1) is 28.6 Å². The molecule has 1 amide bonds. The highest BCUT2D eigenvalue weighted by Gasteiger charge is 2.51. The van der Waals surface area contributed by atoms with Gasteiger partial charge < -0.3 is 16.5 Å². The van der Waals surface area contributed by atoms with E-state index < -0.39 is 0 Å². The highest BCUT2D eigenvalue weighted by atomic mass is 16.1. The van der Waals surface area contributed by atoms with Crippen LogP contribution in [0.4, 0.5) is 11.4 Å². The van der Waals surface area contributed by atoms with E-state index in [1.807, 2.05) is 12.1 Å². The molecule has 0 aromatic heterocycles. The second-order valence-electron chi connectivity index (χ2n) is 8.57. The van der Waals surface area contributed by atoms with Crippen LogP contribution in [0.5, 0.6) is 0 Å². The molecule has 128 valence electrons. The number of carbonyl (C=O) groups is 1. The van der Waals surface area contributed by atoms with Crippen LogP contribution in [0.15, 0.2) is 18.2 Å². The normalized spacial score (nSPS) is 33.5. The van der Waals surface area contributed by atoms with Crippen molar-refractivity contribution < 1.29 is 4.79 Å². The fraction of sp³-hybridized carbons (Fsp3) is 0.600. The highest BCUT2D eigenvalue weighted by Crippen LogP contribution is 2.61. The zero-order valence-corrected chi connectivity index (χ0v) is 14.4. The molecule has 4 nitrogen and oxygen atoms in total. The number of rotatable bonds is 4. The van der Waals surface area contributed by atoms with Crippen LogP contribution in [0.2, 0.25) is 0 Å². The number of hydrogen-bond acceptors (Lipinski definition) is 3. The average Bonchev–Trinajstić information content (AvgIpc) is 2.44. The Morgan fingerprint density at radius 1 is 1.21 bits per heavy atom. The van der Waals surface area contributed by atoms with E-state index in [9.17, 15) is 4.79 Å². The highest BCUT2D eigenvalue weighted by molar-refractivity contribution is 6.02. The summed E-state index contributed by atoms with van der Waals surface area (Å²) in [5.41, 5.74) is 8.72. The lowest BCUT2D eigenvalue weighted by molar-refractivity contribution is -0.124. The van der Waals surface area contributed by atoms with Crippen LogP contribution in [0.1, 0.15) is 57.4 Å². The molecule has 4 heteroatoms. The number of anilines is 2. The van der Waals surface area contributed by atoms with E-state index in [2.05, 4.69) is 5.32 Å². The van der Waals surface area contributed by atoms with Crippen LogP contribution in [-0.4, -0.2) is 11.6 Å². The van der Waals surface area contributed by atoms with Crippen molar-refractivity contribution in [1.82, 2.24) is 0 Å². The first-order valence-electron chi connectivity index (χ1n) is 9.17. The maximum atomic E-state index is 12.6.